The molecule has 0 spiro atoms. The van der Waals surface area contributed by atoms with E-state index in [-0.39, 0.29) is 21.7 Å². The molecule has 208 valence electrons. The molecule has 0 aromatic heterocycles. The van der Waals surface area contributed by atoms with Gasteiger partial charge >= 0.3 is 0 Å². The van der Waals surface area contributed by atoms with Crippen LogP contribution < -0.4 is 5.32 Å². The topological polar surface area (TPSA) is 12.0 Å². The third-order valence-corrected chi connectivity index (χ3v) is 8.67. The second-order valence-corrected chi connectivity index (χ2v) is 15.3. The highest BCUT2D eigenvalue weighted by atomic mass is 14.9. The van der Waals surface area contributed by atoms with E-state index in [1.807, 2.05) is 0 Å². The minimum absolute atomic E-state index is 0.000590. The summed E-state index contributed by atoms with van der Waals surface area (Å²) >= 11 is 0. The van der Waals surface area contributed by atoms with E-state index < -0.39 is 0 Å². The third kappa shape index (κ3) is 5.00. The number of anilines is 2. The summed E-state index contributed by atoms with van der Waals surface area (Å²) in [5, 5.41) is 3.70. The van der Waals surface area contributed by atoms with Crippen LogP contribution in [0.4, 0.5) is 11.4 Å². The van der Waals surface area contributed by atoms with Crippen LogP contribution in [0.15, 0.2) is 78.9 Å². The average molecular weight is 530 g/mol. The van der Waals surface area contributed by atoms with E-state index in [1.165, 1.54) is 50.1 Å². The Labute approximate surface area is 243 Å². The molecule has 0 saturated heterocycles. The Morgan fingerprint density at radius 1 is 0.525 bits per heavy atom. The van der Waals surface area contributed by atoms with Crippen LogP contribution in [0.5, 0.6) is 0 Å². The van der Waals surface area contributed by atoms with Crippen molar-refractivity contribution in [1.82, 2.24) is 0 Å². The first kappa shape index (κ1) is 28.2. The van der Waals surface area contributed by atoms with E-state index >= 15 is 0 Å². The van der Waals surface area contributed by atoms with Crippen molar-refractivity contribution in [2.75, 3.05) is 5.32 Å². The molecule has 0 fully saturated rings. The molecule has 1 N–H and O–H groups in total. The van der Waals surface area contributed by atoms with Crippen LogP contribution in [0.1, 0.15) is 104 Å². The first-order valence-corrected chi connectivity index (χ1v) is 14.8. The van der Waals surface area contributed by atoms with Gasteiger partial charge in [0.25, 0.3) is 0 Å². The molecule has 1 aliphatic rings. The summed E-state index contributed by atoms with van der Waals surface area (Å²) in [4.78, 5) is 0. The van der Waals surface area contributed by atoms with Crippen molar-refractivity contribution >= 4 is 11.4 Å². The van der Waals surface area contributed by atoms with Gasteiger partial charge < -0.3 is 5.32 Å². The van der Waals surface area contributed by atoms with Gasteiger partial charge in [-0.05, 0) is 90.6 Å². The molecule has 0 atom stereocenters. The quantitative estimate of drug-likeness (QED) is 0.278. The molecule has 0 unspecified atom stereocenters. The zero-order valence-electron chi connectivity index (χ0n) is 26.5. The maximum atomic E-state index is 3.70. The second-order valence-electron chi connectivity index (χ2n) is 15.3. The van der Waals surface area contributed by atoms with Gasteiger partial charge in [0.05, 0.1) is 0 Å². The largest absolute Gasteiger partial charge is 0.356 e. The summed E-state index contributed by atoms with van der Waals surface area (Å²) in [6, 6.07) is 29.6. The minimum Gasteiger partial charge on any atom is -0.356 e. The highest BCUT2D eigenvalue weighted by Gasteiger charge is 2.35. The van der Waals surface area contributed by atoms with Gasteiger partial charge in [-0.2, -0.15) is 0 Å². The van der Waals surface area contributed by atoms with Crippen molar-refractivity contribution in [1.29, 1.82) is 0 Å². The SMILES string of the molecule is CC(C)(C)c1cc(C(C)(C)C)c(-c2ccc(Nc3ccc4c(c3)C(C)(C)c3ccccc3-4)cc2)c(C(C)(C)C)c1. The molecule has 0 amide bonds. The fourth-order valence-corrected chi connectivity index (χ4v) is 6.24. The monoisotopic (exact) mass is 529 g/mol. The van der Waals surface area contributed by atoms with Gasteiger partial charge in [0.1, 0.15) is 0 Å². The van der Waals surface area contributed by atoms with Crippen molar-refractivity contribution in [3.8, 4) is 22.3 Å². The Kier molecular flexibility index (Phi) is 6.61. The fourth-order valence-electron chi connectivity index (χ4n) is 6.24. The van der Waals surface area contributed by atoms with Crippen LogP contribution in [0.25, 0.3) is 22.3 Å². The number of benzene rings is 4. The van der Waals surface area contributed by atoms with Crippen LogP contribution in [-0.2, 0) is 21.7 Å². The lowest BCUT2D eigenvalue weighted by Crippen LogP contribution is -2.22. The van der Waals surface area contributed by atoms with Gasteiger partial charge in [-0.15, -0.1) is 0 Å². The first-order valence-electron chi connectivity index (χ1n) is 14.8. The smallest absolute Gasteiger partial charge is 0.0387 e. The molecule has 0 heterocycles. The molecule has 4 aromatic rings. The van der Waals surface area contributed by atoms with Crippen LogP contribution >= 0.6 is 0 Å². The van der Waals surface area contributed by atoms with E-state index in [9.17, 15) is 0 Å². The van der Waals surface area contributed by atoms with Crippen molar-refractivity contribution in [3.63, 3.8) is 0 Å². The molecular formula is C39H47N. The summed E-state index contributed by atoms with van der Waals surface area (Å²) in [5.41, 5.74) is 14.8. The Hall–Kier alpha value is -3.32. The Balaban J connectivity index is 1.53. The van der Waals surface area contributed by atoms with Crippen LogP contribution in [0, 0.1) is 0 Å². The van der Waals surface area contributed by atoms with Crippen molar-refractivity contribution < 1.29 is 0 Å². The Bertz CT molecular complexity index is 1530. The molecule has 1 nitrogen and oxygen atoms in total. The van der Waals surface area contributed by atoms with Gasteiger partial charge in [-0.1, -0.05) is 131 Å². The van der Waals surface area contributed by atoms with Crippen molar-refractivity contribution in [2.24, 2.45) is 0 Å². The normalized spacial score (nSPS) is 14.6. The molecule has 0 bridgehead atoms. The summed E-state index contributed by atoms with van der Waals surface area (Å²) in [7, 11) is 0. The molecule has 0 saturated carbocycles. The molecular weight excluding hydrogens is 482 g/mol. The van der Waals surface area contributed by atoms with Crippen LogP contribution in [0.3, 0.4) is 0 Å². The van der Waals surface area contributed by atoms with E-state index in [4.69, 9.17) is 0 Å². The number of hydrogen-bond acceptors (Lipinski definition) is 1. The number of fused-ring (bicyclic) bond motifs is 3. The zero-order valence-corrected chi connectivity index (χ0v) is 26.5. The Morgan fingerprint density at radius 2 is 1.05 bits per heavy atom. The van der Waals surface area contributed by atoms with E-state index in [0.717, 1.165) is 11.4 Å². The summed E-state index contributed by atoms with van der Waals surface area (Å²) in [6.45, 7) is 25.7. The summed E-state index contributed by atoms with van der Waals surface area (Å²) in [5.74, 6) is 0. The standard InChI is InChI=1S/C39H47N/c1-36(2,3)26-22-33(37(4,5)6)35(34(23-26)38(7,8)9)25-16-18-27(19-17-25)40-28-20-21-30-29-14-12-13-15-31(29)39(10,11)32(30)24-28/h12-24,40H,1-11H3. The van der Waals surface area contributed by atoms with E-state index in [2.05, 4.69) is 160 Å². The van der Waals surface area contributed by atoms with Crippen LogP contribution in [0.2, 0.25) is 0 Å². The molecule has 5 rings (SSSR count). The maximum Gasteiger partial charge on any atom is 0.0387 e. The number of hydrogen-bond donors (Lipinski definition) is 1. The summed E-state index contributed by atoms with van der Waals surface area (Å²) < 4.78 is 0. The van der Waals surface area contributed by atoms with Gasteiger partial charge in [-0.3, -0.25) is 0 Å². The lowest BCUT2D eigenvalue weighted by atomic mass is 9.71. The highest BCUT2D eigenvalue weighted by Crippen LogP contribution is 2.49. The molecule has 0 radical (unpaired) electrons. The van der Waals surface area contributed by atoms with Gasteiger partial charge in [0.15, 0.2) is 0 Å². The molecule has 0 aliphatic heterocycles. The number of nitrogens with one attached hydrogen (secondary N) is 1. The Morgan fingerprint density at radius 3 is 1.60 bits per heavy atom. The predicted octanol–water partition coefficient (Wildman–Crippen LogP) is 11.3. The lowest BCUT2D eigenvalue weighted by molar-refractivity contribution is 0.550. The molecule has 1 heteroatoms. The van der Waals surface area contributed by atoms with Gasteiger partial charge in [0, 0.05) is 16.8 Å². The molecule has 1 aliphatic carbocycles. The molecule has 40 heavy (non-hydrogen) atoms. The third-order valence-electron chi connectivity index (χ3n) is 8.67. The molecule has 4 aromatic carbocycles. The minimum atomic E-state index is -0.000590. The average Bonchev–Trinajstić information content (AvgIpc) is 3.09. The fraction of sp³-hybridized carbons (Fsp3) is 0.385. The highest BCUT2D eigenvalue weighted by molar-refractivity contribution is 5.83. The lowest BCUT2D eigenvalue weighted by Gasteiger charge is -2.34. The zero-order chi connectivity index (χ0) is 29.3. The van der Waals surface area contributed by atoms with Gasteiger partial charge in [0.2, 0.25) is 0 Å². The number of rotatable bonds is 3. The summed E-state index contributed by atoms with van der Waals surface area (Å²) in [6.07, 6.45) is 0. The van der Waals surface area contributed by atoms with E-state index in [0.29, 0.717) is 0 Å². The maximum absolute atomic E-state index is 3.70. The van der Waals surface area contributed by atoms with Crippen LogP contribution in [-0.4, -0.2) is 0 Å². The van der Waals surface area contributed by atoms with E-state index in [1.54, 1.807) is 0 Å². The first-order chi connectivity index (χ1) is 18.5. The van der Waals surface area contributed by atoms with Crippen molar-refractivity contribution in [2.45, 2.75) is 97.8 Å². The predicted molar refractivity (Wildman–Crippen MR) is 175 cm³/mol. The second kappa shape index (κ2) is 9.37. The van der Waals surface area contributed by atoms with Crippen molar-refractivity contribution in [3.05, 3.63) is 107 Å². The van der Waals surface area contributed by atoms with Gasteiger partial charge in [-0.25, -0.2) is 0 Å².